The molecule has 1 aliphatic carbocycles. The summed E-state index contributed by atoms with van der Waals surface area (Å²) in [5.74, 6) is 1.48. The Morgan fingerprint density at radius 2 is 2.42 bits per heavy atom. The first kappa shape index (κ1) is 12.9. The minimum absolute atomic E-state index is 0.336. The van der Waals surface area contributed by atoms with Crippen molar-refractivity contribution >= 4 is 23.4 Å². The SMILES string of the molecule is CCNc1ncc(Cl)c(N2CCOC3CCCC32)n1. The third-order valence-electron chi connectivity index (χ3n) is 3.81. The largest absolute Gasteiger partial charge is 0.374 e. The Morgan fingerprint density at radius 1 is 1.53 bits per heavy atom. The fraction of sp³-hybridized carbons (Fsp3) is 0.692. The Bertz CT molecular complexity index is 456. The zero-order valence-electron chi connectivity index (χ0n) is 11.1. The van der Waals surface area contributed by atoms with Crippen LogP contribution in [0.3, 0.4) is 0 Å². The minimum atomic E-state index is 0.336. The summed E-state index contributed by atoms with van der Waals surface area (Å²) in [4.78, 5) is 11.1. The molecule has 0 aromatic carbocycles. The third-order valence-corrected chi connectivity index (χ3v) is 4.08. The van der Waals surface area contributed by atoms with Gasteiger partial charge in [-0.2, -0.15) is 4.98 Å². The number of aromatic nitrogens is 2. The summed E-state index contributed by atoms with van der Waals surface area (Å²) in [6.45, 7) is 4.43. The van der Waals surface area contributed by atoms with Gasteiger partial charge in [-0.05, 0) is 26.2 Å². The van der Waals surface area contributed by atoms with Gasteiger partial charge in [-0.25, -0.2) is 4.98 Å². The van der Waals surface area contributed by atoms with Crippen LogP contribution in [0.15, 0.2) is 6.20 Å². The molecule has 104 valence electrons. The van der Waals surface area contributed by atoms with Gasteiger partial charge in [0.2, 0.25) is 5.95 Å². The van der Waals surface area contributed by atoms with Gasteiger partial charge >= 0.3 is 0 Å². The standard InChI is InChI=1S/C13H19ClN4O/c1-2-15-13-16-8-9(14)12(17-13)18-6-7-19-11-5-3-4-10(11)18/h8,10-11H,2-7H2,1H3,(H,15,16,17). The van der Waals surface area contributed by atoms with Crippen LogP contribution in [0.1, 0.15) is 26.2 Å². The summed E-state index contributed by atoms with van der Waals surface area (Å²) in [5, 5.41) is 3.75. The molecule has 1 aromatic heterocycles. The van der Waals surface area contributed by atoms with Crippen molar-refractivity contribution in [2.24, 2.45) is 0 Å². The van der Waals surface area contributed by atoms with Crippen LogP contribution >= 0.6 is 11.6 Å². The van der Waals surface area contributed by atoms with Crippen molar-refractivity contribution in [1.29, 1.82) is 0 Å². The highest BCUT2D eigenvalue weighted by atomic mass is 35.5. The molecule has 1 aliphatic heterocycles. The van der Waals surface area contributed by atoms with E-state index in [0.29, 0.717) is 23.1 Å². The van der Waals surface area contributed by atoms with Crippen molar-refractivity contribution in [2.75, 3.05) is 29.9 Å². The summed E-state index contributed by atoms with van der Waals surface area (Å²) in [5.41, 5.74) is 0. The van der Waals surface area contributed by atoms with Gasteiger partial charge in [0.15, 0.2) is 5.82 Å². The summed E-state index contributed by atoms with van der Waals surface area (Å²) < 4.78 is 5.83. The molecule has 1 N–H and O–H groups in total. The number of halogens is 1. The maximum Gasteiger partial charge on any atom is 0.224 e. The number of fused-ring (bicyclic) bond motifs is 1. The van der Waals surface area contributed by atoms with Gasteiger partial charge in [0.25, 0.3) is 0 Å². The van der Waals surface area contributed by atoms with Crippen LogP contribution in [-0.4, -0.2) is 41.8 Å². The van der Waals surface area contributed by atoms with E-state index in [1.165, 1.54) is 6.42 Å². The number of ether oxygens (including phenoxy) is 1. The normalized spacial score (nSPS) is 26.3. The lowest BCUT2D eigenvalue weighted by Crippen LogP contribution is -2.49. The summed E-state index contributed by atoms with van der Waals surface area (Å²) >= 11 is 6.28. The lowest BCUT2D eigenvalue weighted by Gasteiger charge is -2.38. The van der Waals surface area contributed by atoms with E-state index in [1.54, 1.807) is 6.20 Å². The number of hydrogen-bond acceptors (Lipinski definition) is 5. The van der Waals surface area contributed by atoms with Gasteiger partial charge in [-0.1, -0.05) is 11.6 Å². The Hall–Kier alpha value is -1.07. The molecule has 5 nitrogen and oxygen atoms in total. The van der Waals surface area contributed by atoms with Crippen molar-refractivity contribution in [3.63, 3.8) is 0 Å². The predicted octanol–water partition coefficient (Wildman–Crippen LogP) is 2.32. The van der Waals surface area contributed by atoms with Crippen LogP contribution in [0.5, 0.6) is 0 Å². The number of morpholine rings is 1. The van der Waals surface area contributed by atoms with Crippen molar-refractivity contribution < 1.29 is 4.74 Å². The smallest absolute Gasteiger partial charge is 0.224 e. The number of anilines is 2. The van der Waals surface area contributed by atoms with Crippen molar-refractivity contribution in [2.45, 2.75) is 38.3 Å². The number of nitrogens with zero attached hydrogens (tertiary/aromatic N) is 3. The van der Waals surface area contributed by atoms with Crippen LogP contribution in [-0.2, 0) is 4.74 Å². The summed E-state index contributed by atoms with van der Waals surface area (Å²) in [6, 6.07) is 0.413. The van der Waals surface area contributed by atoms with Crippen LogP contribution in [0.25, 0.3) is 0 Å². The summed E-state index contributed by atoms with van der Waals surface area (Å²) in [7, 11) is 0. The first-order valence-corrected chi connectivity index (χ1v) is 7.32. The number of hydrogen-bond donors (Lipinski definition) is 1. The highest BCUT2D eigenvalue weighted by Gasteiger charge is 2.37. The summed E-state index contributed by atoms with van der Waals surface area (Å²) in [6.07, 6.45) is 5.53. The lowest BCUT2D eigenvalue weighted by molar-refractivity contribution is 0.0253. The fourth-order valence-corrected chi connectivity index (χ4v) is 3.19. The van der Waals surface area contributed by atoms with Gasteiger partial charge in [-0.3, -0.25) is 0 Å². The van der Waals surface area contributed by atoms with E-state index in [2.05, 4.69) is 20.2 Å². The van der Waals surface area contributed by atoms with Gasteiger partial charge < -0.3 is 15.0 Å². The maximum absolute atomic E-state index is 6.28. The van der Waals surface area contributed by atoms with E-state index in [-0.39, 0.29) is 0 Å². The molecule has 0 radical (unpaired) electrons. The molecule has 2 unspecified atom stereocenters. The molecule has 1 saturated heterocycles. The van der Waals surface area contributed by atoms with E-state index >= 15 is 0 Å². The topological polar surface area (TPSA) is 50.3 Å². The molecule has 1 aromatic rings. The molecular formula is C13H19ClN4O. The second-order valence-electron chi connectivity index (χ2n) is 5.00. The Kier molecular flexibility index (Phi) is 3.75. The second kappa shape index (κ2) is 5.51. The van der Waals surface area contributed by atoms with Gasteiger partial charge in [0.1, 0.15) is 5.02 Å². The van der Waals surface area contributed by atoms with Crippen LogP contribution in [0.4, 0.5) is 11.8 Å². The Morgan fingerprint density at radius 3 is 3.26 bits per heavy atom. The first-order chi connectivity index (χ1) is 9.29. The van der Waals surface area contributed by atoms with Gasteiger partial charge in [0.05, 0.1) is 24.9 Å². The van der Waals surface area contributed by atoms with E-state index in [4.69, 9.17) is 16.3 Å². The molecule has 0 spiro atoms. The molecule has 0 bridgehead atoms. The molecule has 2 fully saturated rings. The molecule has 6 heteroatoms. The van der Waals surface area contributed by atoms with Crippen LogP contribution < -0.4 is 10.2 Å². The Labute approximate surface area is 118 Å². The lowest BCUT2D eigenvalue weighted by atomic mass is 10.1. The number of nitrogens with one attached hydrogen (secondary N) is 1. The molecule has 0 amide bonds. The number of rotatable bonds is 3. The van der Waals surface area contributed by atoms with Crippen LogP contribution in [0.2, 0.25) is 5.02 Å². The predicted molar refractivity (Wildman–Crippen MR) is 75.9 cm³/mol. The molecule has 2 aliphatic rings. The van der Waals surface area contributed by atoms with E-state index in [1.807, 2.05) is 6.92 Å². The second-order valence-corrected chi connectivity index (χ2v) is 5.40. The average Bonchev–Trinajstić information content (AvgIpc) is 2.89. The minimum Gasteiger partial charge on any atom is -0.374 e. The fourth-order valence-electron chi connectivity index (χ4n) is 2.99. The van der Waals surface area contributed by atoms with Crippen LogP contribution in [0, 0.1) is 0 Å². The highest BCUT2D eigenvalue weighted by molar-refractivity contribution is 6.32. The monoisotopic (exact) mass is 282 g/mol. The Balaban J connectivity index is 1.89. The van der Waals surface area contributed by atoms with Crippen molar-refractivity contribution in [1.82, 2.24) is 9.97 Å². The zero-order valence-corrected chi connectivity index (χ0v) is 11.9. The van der Waals surface area contributed by atoms with Crippen molar-refractivity contribution in [3.8, 4) is 0 Å². The van der Waals surface area contributed by atoms with Gasteiger partial charge in [-0.15, -0.1) is 0 Å². The molecule has 19 heavy (non-hydrogen) atoms. The molecule has 1 saturated carbocycles. The molecule has 2 atom stereocenters. The van der Waals surface area contributed by atoms with Gasteiger partial charge in [0, 0.05) is 13.1 Å². The van der Waals surface area contributed by atoms with E-state index < -0.39 is 0 Å². The van der Waals surface area contributed by atoms with E-state index in [9.17, 15) is 0 Å². The maximum atomic E-state index is 6.28. The van der Waals surface area contributed by atoms with E-state index in [0.717, 1.165) is 38.4 Å². The first-order valence-electron chi connectivity index (χ1n) is 6.94. The highest BCUT2D eigenvalue weighted by Crippen LogP contribution is 2.35. The average molecular weight is 283 g/mol. The van der Waals surface area contributed by atoms with Crippen molar-refractivity contribution in [3.05, 3.63) is 11.2 Å². The molecule has 3 rings (SSSR count). The quantitative estimate of drug-likeness (QED) is 0.922. The molecule has 2 heterocycles. The zero-order chi connectivity index (χ0) is 13.2. The molecular weight excluding hydrogens is 264 g/mol. The third kappa shape index (κ3) is 2.49.